The maximum absolute atomic E-state index is 12.6. The average molecular weight is 374 g/mol. The van der Waals surface area contributed by atoms with Crippen molar-refractivity contribution in [2.45, 2.75) is 40.5 Å². The minimum atomic E-state index is -0.599. The molecule has 0 fully saturated rings. The van der Waals surface area contributed by atoms with E-state index < -0.39 is 5.92 Å². The number of amides is 2. The molecule has 2 aromatic rings. The van der Waals surface area contributed by atoms with Crippen LogP contribution in [0, 0.1) is 18.3 Å². The van der Waals surface area contributed by atoms with E-state index in [4.69, 9.17) is 0 Å². The molecular formula is C18H26N6O3. The van der Waals surface area contributed by atoms with Gasteiger partial charge in [-0.3, -0.25) is 25.6 Å². The Kier molecular flexibility index (Phi) is 6.62. The first kappa shape index (κ1) is 20.5. The molecule has 0 spiro atoms. The first-order valence-electron chi connectivity index (χ1n) is 8.82. The number of aryl methyl sites for hydroxylation is 1. The smallest absolute Gasteiger partial charge is 0.262 e. The van der Waals surface area contributed by atoms with Crippen LogP contribution in [0.4, 0.5) is 5.95 Å². The summed E-state index contributed by atoms with van der Waals surface area (Å²) in [4.78, 5) is 27.7. The predicted molar refractivity (Wildman–Crippen MR) is 101 cm³/mol. The molecule has 0 aliphatic rings. The monoisotopic (exact) mass is 374 g/mol. The molecule has 1 aromatic carbocycles. The fraction of sp³-hybridized carbons (Fsp3) is 0.500. The molecule has 0 radical (unpaired) electrons. The molecule has 0 aliphatic heterocycles. The standard InChI is InChI=1S/C18H26N6O3/c1-5-18(3,4)9-13(10-24(27)11-25)16(26)21-23-17-19-15-12(2)7-6-8-14(15)20-22-17/h6-8,11,13,27H,5,9-10H2,1-4H3,(H,21,26)(H,19,22,23)/t13-/m1/s1. The summed E-state index contributed by atoms with van der Waals surface area (Å²) in [5, 5.41) is 18.0. The van der Waals surface area contributed by atoms with Gasteiger partial charge in [-0.05, 0) is 30.4 Å². The number of carbonyl (C=O) groups excluding carboxylic acids is 2. The minimum absolute atomic E-state index is 0.101. The fourth-order valence-corrected chi connectivity index (χ4v) is 2.69. The number of hydrazine groups is 1. The van der Waals surface area contributed by atoms with Crippen LogP contribution in [0.2, 0.25) is 0 Å². The zero-order valence-electron chi connectivity index (χ0n) is 16.1. The number of fused-ring (bicyclic) bond motifs is 1. The van der Waals surface area contributed by atoms with Crippen LogP contribution in [0.1, 0.15) is 39.2 Å². The highest BCUT2D eigenvalue weighted by atomic mass is 16.5. The van der Waals surface area contributed by atoms with E-state index in [2.05, 4.69) is 26.0 Å². The normalized spacial score (nSPS) is 12.5. The lowest BCUT2D eigenvalue weighted by molar-refractivity contribution is -0.155. The first-order valence-corrected chi connectivity index (χ1v) is 8.82. The Balaban J connectivity index is 2.09. The number of hydrogen-bond acceptors (Lipinski definition) is 7. The van der Waals surface area contributed by atoms with Crippen molar-refractivity contribution in [3.8, 4) is 0 Å². The molecule has 0 aliphatic carbocycles. The average Bonchev–Trinajstić information content (AvgIpc) is 2.65. The van der Waals surface area contributed by atoms with E-state index in [1.165, 1.54) is 0 Å². The van der Waals surface area contributed by atoms with Gasteiger partial charge in [-0.2, -0.15) is 0 Å². The Morgan fingerprint density at radius 2 is 2.11 bits per heavy atom. The van der Waals surface area contributed by atoms with Gasteiger partial charge < -0.3 is 0 Å². The summed E-state index contributed by atoms with van der Waals surface area (Å²) in [5.74, 6) is -0.807. The number of para-hydroxylation sites is 1. The molecule has 0 unspecified atom stereocenters. The molecule has 9 heteroatoms. The van der Waals surface area contributed by atoms with Crippen molar-refractivity contribution in [2.24, 2.45) is 11.3 Å². The quantitative estimate of drug-likeness (QED) is 0.349. The molecule has 2 amide bonds. The minimum Gasteiger partial charge on any atom is -0.286 e. The topological polar surface area (TPSA) is 120 Å². The molecule has 1 heterocycles. The van der Waals surface area contributed by atoms with Crippen LogP contribution in [0.25, 0.3) is 11.0 Å². The van der Waals surface area contributed by atoms with Gasteiger partial charge in [0, 0.05) is 0 Å². The van der Waals surface area contributed by atoms with Crippen LogP contribution in [-0.2, 0) is 9.59 Å². The van der Waals surface area contributed by atoms with Crippen molar-refractivity contribution >= 4 is 29.3 Å². The number of benzene rings is 1. The maximum atomic E-state index is 12.6. The third-order valence-electron chi connectivity index (χ3n) is 4.64. The highest BCUT2D eigenvalue weighted by Gasteiger charge is 2.28. The molecule has 27 heavy (non-hydrogen) atoms. The first-order chi connectivity index (χ1) is 12.8. The number of aromatic nitrogens is 3. The number of nitrogens with one attached hydrogen (secondary N) is 2. The number of nitrogens with zero attached hydrogens (tertiary/aromatic N) is 4. The Morgan fingerprint density at radius 3 is 2.78 bits per heavy atom. The van der Waals surface area contributed by atoms with Crippen molar-refractivity contribution < 1.29 is 14.8 Å². The summed E-state index contributed by atoms with van der Waals surface area (Å²) in [5.41, 5.74) is 7.40. The summed E-state index contributed by atoms with van der Waals surface area (Å²) >= 11 is 0. The van der Waals surface area contributed by atoms with Gasteiger partial charge in [0.1, 0.15) is 5.52 Å². The molecule has 1 aromatic heterocycles. The van der Waals surface area contributed by atoms with Crippen molar-refractivity contribution in [3.05, 3.63) is 23.8 Å². The molecule has 0 saturated heterocycles. The molecule has 3 N–H and O–H groups in total. The molecule has 0 saturated carbocycles. The van der Waals surface area contributed by atoms with Crippen molar-refractivity contribution in [3.63, 3.8) is 0 Å². The number of hydrogen-bond donors (Lipinski definition) is 3. The zero-order valence-corrected chi connectivity index (χ0v) is 16.1. The maximum Gasteiger partial charge on any atom is 0.262 e. The summed E-state index contributed by atoms with van der Waals surface area (Å²) in [7, 11) is 0. The lowest BCUT2D eigenvalue weighted by Crippen LogP contribution is -2.42. The molecule has 2 rings (SSSR count). The van der Waals surface area contributed by atoms with Crippen molar-refractivity contribution in [1.82, 2.24) is 25.7 Å². The van der Waals surface area contributed by atoms with E-state index in [1.54, 1.807) is 0 Å². The Morgan fingerprint density at radius 1 is 1.37 bits per heavy atom. The molecule has 0 bridgehead atoms. The van der Waals surface area contributed by atoms with Gasteiger partial charge in [0.05, 0.1) is 18.0 Å². The highest BCUT2D eigenvalue weighted by Crippen LogP contribution is 2.29. The van der Waals surface area contributed by atoms with Crippen LogP contribution in [0.5, 0.6) is 0 Å². The van der Waals surface area contributed by atoms with Gasteiger partial charge in [0.2, 0.25) is 12.3 Å². The Bertz CT molecular complexity index is 811. The van der Waals surface area contributed by atoms with Crippen LogP contribution < -0.4 is 10.9 Å². The van der Waals surface area contributed by atoms with Crippen molar-refractivity contribution in [2.75, 3.05) is 12.0 Å². The Hall–Kier alpha value is -2.81. The van der Waals surface area contributed by atoms with Crippen LogP contribution in [0.3, 0.4) is 0 Å². The fourth-order valence-electron chi connectivity index (χ4n) is 2.69. The summed E-state index contributed by atoms with van der Waals surface area (Å²) in [6.45, 7) is 7.90. The number of anilines is 1. The second-order valence-corrected chi connectivity index (χ2v) is 7.34. The summed E-state index contributed by atoms with van der Waals surface area (Å²) < 4.78 is 0. The Labute approximate surface area is 158 Å². The van der Waals surface area contributed by atoms with E-state index in [0.717, 1.165) is 12.0 Å². The van der Waals surface area contributed by atoms with Crippen LogP contribution in [-0.4, -0.2) is 44.3 Å². The molecule has 9 nitrogen and oxygen atoms in total. The lowest BCUT2D eigenvalue weighted by Gasteiger charge is -2.29. The van der Waals surface area contributed by atoms with E-state index in [0.29, 0.717) is 22.5 Å². The number of rotatable bonds is 9. The van der Waals surface area contributed by atoms with Gasteiger partial charge in [0.25, 0.3) is 5.95 Å². The second-order valence-electron chi connectivity index (χ2n) is 7.34. The molecule has 1 atom stereocenters. The number of carbonyl (C=O) groups is 2. The van der Waals surface area contributed by atoms with E-state index in [1.807, 2.05) is 45.9 Å². The van der Waals surface area contributed by atoms with Crippen LogP contribution in [0.15, 0.2) is 18.2 Å². The summed E-state index contributed by atoms with van der Waals surface area (Å²) in [6, 6.07) is 5.59. The third-order valence-corrected chi connectivity index (χ3v) is 4.64. The van der Waals surface area contributed by atoms with Gasteiger partial charge >= 0.3 is 0 Å². The second kappa shape index (κ2) is 8.72. The van der Waals surface area contributed by atoms with Gasteiger partial charge in [-0.15, -0.1) is 10.2 Å². The van der Waals surface area contributed by atoms with E-state index in [-0.39, 0.29) is 30.2 Å². The SMILES string of the molecule is CCC(C)(C)C[C@H](CN(O)C=O)C(=O)NNc1nnc2cccc(C)c2n1. The molecular weight excluding hydrogens is 348 g/mol. The van der Waals surface area contributed by atoms with E-state index in [9.17, 15) is 14.8 Å². The van der Waals surface area contributed by atoms with Gasteiger partial charge in [0.15, 0.2) is 0 Å². The number of hydroxylamine groups is 2. The van der Waals surface area contributed by atoms with Gasteiger partial charge in [-0.25, -0.2) is 10.0 Å². The predicted octanol–water partition coefficient (Wildman–Crippen LogP) is 2.07. The zero-order chi connectivity index (χ0) is 20.0. The lowest BCUT2D eigenvalue weighted by atomic mass is 9.80. The van der Waals surface area contributed by atoms with E-state index >= 15 is 0 Å². The summed E-state index contributed by atoms with van der Waals surface area (Å²) in [6.07, 6.45) is 1.64. The van der Waals surface area contributed by atoms with Crippen molar-refractivity contribution in [1.29, 1.82) is 0 Å². The third kappa shape index (κ3) is 5.58. The van der Waals surface area contributed by atoms with Crippen LogP contribution >= 0.6 is 0 Å². The molecule has 146 valence electrons. The highest BCUT2D eigenvalue weighted by molar-refractivity contribution is 5.81. The largest absolute Gasteiger partial charge is 0.286 e. The van der Waals surface area contributed by atoms with Gasteiger partial charge in [-0.1, -0.05) is 39.3 Å².